The van der Waals surface area contributed by atoms with E-state index < -0.39 is 5.97 Å². The van der Waals surface area contributed by atoms with Gasteiger partial charge in [-0.25, -0.2) is 4.79 Å². The van der Waals surface area contributed by atoms with Gasteiger partial charge in [0.15, 0.2) is 6.79 Å². The summed E-state index contributed by atoms with van der Waals surface area (Å²) in [5.41, 5.74) is 3.41. The third-order valence-corrected chi connectivity index (χ3v) is 4.70. The van der Waals surface area contributed by atoms with Crippen molar-refractivity contribution in [2.45, 2.75) is 6.61 Å². The molecule has 0 spiro atoms. The van der Waals surface area contributed by atoms with Gasteiger partial charge in [-0.05, 0) is 57.8 Å². The van der Waals surface area contributed by atoms with Gasteiger partial charge in [-0.3, -0.25) is 0 Å². The molecule has 0 aliphatic heterocycles. The van der Waals surface area contributed by atoms with Crippen LogP contribution in [-0.4, -0.2) is 17.9 Å². The smallest absolute Gasteiger partial charge is 0.335 e. The Morgan fingerprint density at radius 2 is 1.45 bits per heavy atom. The lowest BCUT2D eigenvalue weighted by atomic mass is 10.00. The molecule has 0 aromatic heterocycles. The van der Waals surface area contributed by atoms with Crippen molar-refractivity contribution in [1.82, 2.24) is 0 Å². The second-order valence-electron chi connectivity index (χ2n) is 6.70. The Hall–Kier alpha value is -3.63. The van der Waals surface area contributed by atoms with E-state index in [4.69, 9.17) is 14.6 Å². The standard InChI is InChI=1S/C25H20O4/c26-25(27)20-8-6-19(7-9-20)21-10-11-23-15-24(13-12-22(23)14-21)29-17-28-16-18-4-2-1-3-5-18/h1-15H,16-17H2,(H,26,27). The summed E-state index contributed by atoms with van der Waals surface area (Å²) in [4.78, 5) is 11.0. The molecular formula is C25H20O4. The van der Waals surface area contributed by atoms with Crippen molar-refractivity contribution >= 4 is 16.7 Å². The van der Waals surface area contributed by atoms with Gasteiger partial charge in [0.25, 0.3) is 0 Å². The summed E-state index contributed by atoms with van der Waals surface area (Å²) in [5, 5.41) is 11.2. The van der Waals surface area contributed by atoms with Gasteiger partial charge in [0.1, 0.15) is 5.75 Å². The lowest BCUT2D eigenvalue weighted by Crippen LogP contribution is -2.02. The van der Waals surface area contributed by atoms with Gasteiger partial charge in [0.2, 0.25) is 0 Å². The fraction of sp³-hybridized carbons (Fsp3) is 0.0800. The summed E-state index contributed by atoms with van der Waals surface area (Å²) in [5.74, 6) is -0.167. The monoisotopic (exact) mass is 384 g/mol. The largest absolute Gasteiger partial charge is 0.478 e. The summed E-state index contributed by atoms with van der Waals surface area (Å²) in [6.07, 6.45) is 0. The van der Waals surface area contributed by atoms with E-state index in [1.807, 2.05) is 72.8 Å². The Morgan fingerprint density at radius 1 is 0.759 bits per heavy atom. The van der Waals surface area contributed by atoms with E-state index >= 15 is 0 Å². The minimum atomic E-state index is -0.921. The van der Waals surface area contributed by atoms with Crippen molar-refractivity contribution in [1.29, 1.82) is 0 Å². The highest BCUT2D eigenvalue weighted by molar-refractivity contribution is 5.90. The van der Waals surface area contributed by atoms with Gasteiger partial charge in [0.05, 0.1) is 12.2 Å². The molecular weight excluding hydrogens is 364 g/mol. The molecule has 4 rings (SSSR count). The number of hydrogen-bond acceptors (Lipinski definition) is 3. The van der Waals surface area contributed by atoms with E-state index in [1.54, 1.807) is 12.1 Å². The molecule has 0 atom stereocenters. The molecule has 0 fully saturated rings. The predicted octanol–water partition coefficient (Wildman–Crippen LogP) is 5.76. The number of carbonyl (C=O) groups is 1. The van der Waals surface area contributed by atoms with Crippen molar-refractivity contribution in [3.8, 4) is 16.9 Å². The van der Waals surface area contributed by atoms with Crippen LogP contribution >= 0.6 is 0 Å². The molecule has 1 N–H and O–H groups in total. The van der Waals surface area contributed by atoms with Crippen molar-refractivity contribution in [2.75, 3.05) is 6.79 Å². The summed E-state index contributed by atoms with van der Waals surface area (Å²) < 4.78 is 11.3. The fourth-order valence-corrected chi connectivity index (χ4v) is 3.14. The number of aromatic carboxylic acids is 1. The lowest BCUT2D eigenvalue weighted by Gasteiger charge is -2.09. The molecule has 4 aromatic rings. The minimum Gasteiger partial charge on any atom is -0.478 e. The first kappa shape index (κ1) is 18.7. The van der Waals surface area contributed by atoms with Crippen LogP contribution in [-0.2, 0) is 11.3 Å². The molecule has 0 aliphatic carbocycles. The highest BCUT2D eigenvalue weighted by Gasteiger charge is 2.05. The van der Waals surface area contributed by atoms with Crippen LogP contribution < -0.4 is 4.74 Å². The maximum Gasteiger partial charge on any atom is 0.335 e. The molecule has 4 heteroatoms. The molecule has 0 bridgehead atoms. The molecule has 0 saturated heterocycles. The SMILES string of the molecule is O=C(O)c1ccc(-c2ccc3cc(OCOCc4ccccc4)ccc3c2)cc1. The number of ether oxygens (including phenoxy) is 2. The van der Waals surface area contributed by atoms with Crippen LogP contribution in [0.3, 0.4) is 0 Å². The number of fused-ring (bicyclic) bond motifs is 1. The first-order valence-electron chi connectivity index (χ1n) is 9.31. The van der Waals surface area contributed by atoms with Gasteiger partial charge >= 0.3 is 5.97 Å². The Balaban J connectivity index is 1.42. The van der Waals surface area contributed by atoms with Crippen LogP contribution in [0.5, 0.6) is 5.75 Å². The van der Waals surface area contributed by atoms with Crippen LogP contribution in [0, 0.1) is 0 Å². The van der Waals surface area contributed by atoms with Crippen molar-refractivity contribution in [3.05, 3.63) is 102 Å². The van der Waals surface area contributed by atoms with Crippen LogP contribution in [0.25, 0.3) is 21.9 Å². The second kappa shape index (κ2) is 8.59. The van der Waals surface area contributed by atoms with Gasteiger partial charge in [-0.2, -0.15) is 0 Å². The summed E-state index contributed by atoms with van der Waals surface area (Å²) in [6, 6.07) is 28.9. The van der Waals surface area contributed by atoms with Gasteiger partial charge in [-0.15, -0.1) is 0 Å². The Kier molecular flexibility index (Phi) is 5.54. The maximum atomic E-state index is 11.0. The summed E-state index contributed by atoms with van der Waals surface area (Å²) >= 11 is 0. The molecule has 0 radical (unpaired) electrons. The first-order valence-corrected chi connectivity index (χ1v) is 9.31. The topological polar surface area (TPSA) is 55.8 Å². The average Bonchev–Trinajstić information content (AvgIpc) is 2.77. The molecule has 0 unspecified atom stereocenters. The molecule has 0 amide bonds. The molecule has 0 saturated carbocycles. The zero-order valence-electron chi connectivity index (χ0n) is 15.7. The van der Waals surface area contributed by atoms with Crippen LogP contribution in [0.2, 0.25) is 0 Å². The number of rotatable bonds is 7. The maximum absolute atomic E-state index is 11.0. The van der Waals surface area contributed by atoms with E-state index in [2.05, 4.69) is 6.07 Å². The fourth-order valence-electron chi connectivity index (χ4n) is 3.14. The average molecular weight is 384 g/mol. The minimum absolute atomic E-state index is 0.189. The van der Waals surface area contributed by atoms with E-state index in [1.165, 1.54) is 0 Å². The highest BCUT2D eigenvalue weighted by atomic mass is 16.7. The van der Waals surface area contributed by atoms with Gasteiger partial charge in [-0.1, -0.05) is 60.7 Å². The molecule has 4 nitrogen and oxygen atoms in total. The van der Waals surface area contributed by atoms with Crippen LogP contribution in [0.1, 0.15) is 15.9 Å². The molecule has 144 valence electrons. The highest BCUT2D eigenvalue weighted by Crippen LogP contribution is 2.27. The Labute approximate surface area is 169 Å². The van der Waals surface area contributed by atoms with E-state index in [0.717, 1.165) is 33.2 Å². The third-order valence-electron chi connectivity index (χ3n) is 4.70. The van der Waals surface area contributed by atoms with Gasteiger partial charge in [0, 0.05) is 0 Å². The summed E-state index contributed by atoms with van der Waals surface area (Å²) in [6.45, 7) is 0.701. The molecule has 29 heavy (non-hydrogen) atoms. The zero-order valence-corrected chi connectivity index (χ0v) is 15.7. The number of benzene rings is 4. The Bertz CT molecular complexity index is 1120. The normalized spacial score (nSPS) is 10.8. The van der Waals surface area contributed by atoms with E-state index in [9.17, 15) is 4.79 Å². The summed E-state index contributed by atoms with van der Waals surface area (Å²) in [7, 11) is 0. The number of carboxylic acids is 1. The van der Waals surface area contributed by atoms with Crippen molar-refractivity contribution < 1.29 is 19.4 Å². The first-order chi connectivity index (χ1) is 14.2. The predicted molar refractivity (Wildman–Crippen MR) is 113 cm³/mol. The van der Waals surface area contributed by atoms with E-state index in [-0.39, 0.29) is 12.4 Å². The quantitative estimate of drug-likeness (QED) is 0.325. The van der Waals surface area contributed by atoms with Crippen molar-refractivity contribution in [3.63, 3.8) is 0 Å². The molecule has 0 heterocycles. The lowest BCUT2D eigenvalue weighted by molar-refractivity contribution is 0.00512. The van der Waals surface area contributed by atoms with E-state index in [0.29, 0.717) is 6.61 Å². The van der Waals surface area contributed by atoms with Crippen LogP contribution in [0.4, 0.5) is 0 Å². The second-order valence-corrected chi connectivity index (χ2v) is 6.70. The molecule has 4 aromatic carbocycles. The molecule has 0 aliphatic rings. The number of carboxylic acid groups (broad SMARTS) is 1. The third kappa shape index (κ3) is 4.62. The number of hydrogen-bond donors (Lipinski definition) is 1. The van der Waals surface area contributed by atoms with Crippen LogP contribution in [0.15, 0.2) is 91.0 Å². The van der Waals surface area contributed by atoms with Crippen molar-refractivity contribution in [2.24, 2.45) is 0 Å². The van der Waals surface area contributed by atoms with Gasteiger partial charge < -0.3 is 14.6 Å². The zero-order chi connectivity index (χ0) is 20.1. The Morgan fingerprint density at radius 3 is 2.21 bits per heavy atom.